The van der Waals surface area contributed by atoms with E-state index in [4.69, 9.17) is 4.52 Å². The molecule has 0 aliphatic heterocycles. The Morgan fingerprint density at radius 3 is 2.85 bits per heavy atom. The van der Waals surface area contributed by atoms with Crippen molar-refractivity contribution in [2.24, 2.45) is 0 Å². The van der Waals surface area contributed by atoms with Gasteiger partial charge in [0.25, 0.3) is 0 Å². The van der Waals surface area contributed by atoms with E-state index < -0.39 is 0 Å². The highest BCUT2D eigenvalue weighted by Crippen LogP contribution is 2.19. The molecule has 1 aromatic heterocycles. The average Bonchev–Trinajstić information content (AvgIpc) is 2.52. The molecule has 1 aromatic carbocycles. The van der Waals surface area contributed by atoms with Gasteiger partial charge in [-0.15, -0.1) is 0 Å². The molecular formula is C9H7BrN2O. The first kappa shape index (κ1) is 8.44. The number of nitrogens with zero attached hydrogens (tertiary/aromatic N) is 2. The van der Waals surface area contributed by atoms with Gasteiger partial charge in [-0.2, -0.15) is 4.98 Å². The van der Waals surface area contributed by atoms with Crippen molar-refractivity contribution in [2.75, 3.05) is 0 Å². The Labute approximate surface area is 83.9 Å². The van der Waals surface area contributed by atoms with Gasteiger partial charge in [-0.25, -0.2) is 0 Å². The molecule has 0 amide bonds. The lowest BCUT2D eigenvalue weighted by Gasteiger charge is -1.93. The lowest BCUT2D eigenvalue weighted by molar-refractivity contribution is 0.394. The number of halogens is 1. The number of rotatable bonds is 1. The first-order valence-electron chi connectivity index (χ1n) is 3.82. The molecule has 2 aromatic rings. The summed E-state index contributed by atoms with van der Waals surface area (Å²) in [6, 6.07) is 7.78. The van der Waals surface area contributed by atoms with Crippen molar-refractivity contribution in [2.45, 2.75) is 6.92 Å². The van der Waals surface area contributed by atoms with Gasteiger partial charge in [0, 0.05) is 17.0 Å². The van der Waals surface area contributed by atoms with Crippen molar-refractivity contribution in [1.29, 1.82) is 0 Å². The molecule has 4 heteroatoms. The highest BCUT2D eigenvalue weighted by atomic mass is 79.9. The molecule has 0 radical (unpaired) electrons. The van der Waals surface area contributed by atoms with Crippen molar-refractivity contribution in [3.05, 3.63) is 34.6 Å². The Bertz CT molecular complexity index is 425. The molecule has 0 saturated heterocycles. The van der Waals surface area contributed by atoms with Gasteiger partial charge in [-0.1, -0.05) is 33.2 Å². The fourth-order valence-corrected chi connectivity index (χ4v) is 1.44. The summed E-state index contributed by atoms with van der Waals surface area (Å²) < 4.78 is 5.89. The van der Waals surface area contributed by atoms with Crippen molar-refractivity contribution in [3.8, 4) is 11.4 Å². The zero-order chi connectivity index (χ0) is 9.26. The molecule has 66 valence electrons. The molecule has 13 heavy (non-hydrogen) atoms. The molecule has 0 aliphatic carbocycles. The van der Waals surface area contributed by atoms with Gasteiger partial charge < -0.3 is 4.52 Å². The van der Waals surface area contributed by atoms with E-state index in [2.05, 4.69) is 26.1 Å². The lowest BCUT2D eigenvalue weighted by Crippen LogP contribution is -1.79. The minimum atomic E-state index is 0.579. The van der Waals surface area contributed by atoms with E-state index in [9.17, 15) is 0 Å². The summed E-state index contributed by atoms with van der Waals surface area (Å²) in [4.78, 5) is 4.12. The summed E-state index contributed by atoms with van der Waals surface area (Å²) in [5.41, 5.74) is 0.950. The van der Waals surface area contributed by atoms with Gasteiger partial charge in [0.2, 0.25) is 11.7 Å². The van der Waals surface area contributed by atoms with Crippen molar-refractivity contribution in [3.63, 3.8) is 0 Å². The maximum absolute atomic E-state index is 4.88. The van der Waals surface area contributed by atoms with Gasteiger partial charge in [0.05, 0.1) is 0 Å². The van der Waals surface area contributed by atoms with E-state index in [0.717, 1.165) is 10.0 Å². The van der Waals surface area contributed by atoms with E-state index in [-0.39, 0.29) is 0 Å². The zero-order valence-corrected chi connectivity index (χ0v) is 8.58. The van der Waals surface area contributed by atoms with Crippen LogP contribution >= 0.6 is 15.9 Å². The monoisotopic (exact) mass is 238 g/mol. The summed E-state index contributed by atoms with van der Waals surface area (Å²) >= 11 is 3.38. The molecule has 0 unspecified atom stereocenters. The van der Waals surface area contributed by atoms with E-state index in [1.165, 1.54) is 0 Å². The van der Waals surface area contributed by atoms with Crippen LogP contribution in [0.3, 0.4) is 0 Å². The number of hydrogen-bond donors (Lipinski definition) is 0. The smallest absolute Gasteiger partial charge is 0.223 e. The van der Waals surface area contributed by atoms with Crippen LogP contribution < -0.4 is 0 Å². The van der Waals surface area contributed by atoms with Gasteiger partial charge in [-0.05, 0) is 12.1 Å². The minimum absolute atomic E-state index is 0.579. The van der Waals surface area contributed by atoms with Gasteiger partial charge >= 0.3 is 0 Å². The standard InChI is InChI=1S/C9H7BrN2O/c1-6-11-9(12-13-6)7-3-2-4-8(10)5-7/h2-5H,1H3. The van der Waals surface area contributed by atoms with Gasteiger partial charge in [0.15, 0.2) is 0 Å². The summed E-state index contributed by atoms with van der Waals surface area (Å²) in [6.45, 7) is 1.77. The third-order valence-electron chi connectivity index (χ3n) is 1.61. The van der Waals surface area contributed by atoms with Crippen LogP contribution in [0.4, 0.5) is 0 Å². The fourth-order valence-electron chi connectivity index (χ4n) is 1.04. The number of benzene rings is 1. The van der Waals surface area contributed by atoms with Crippen LogP contribution in [0.15, 0.2) is 33.3 Å². The molecule has 2 rings (SSSR count). The predicted octanol–water partition coefficient (Wildman–Crippen LogP) is 2.81. The van der Waals surface area contributed by atoms with E-state index in [1.807, 2.05) is 24.3 Å². The third kappa shape index (κ3) is 1.78. The largest absolute Gasteiger partial charge is 0.339 e. The molecule has 0 N–H and O–H groups in total. The Balaban J connectivity index is 2.46. The highest BCUT2D eigenvalue weighted by molar-refractivity contribution is 9.10. The van der Waals surface area contributed by atoms with Crippen LogP contribution in [0, 0.1) is 6.92 Å². The van der Waals surface area contributed by atoms with E-state index in [1.54, 1.807) is 6.92 Å². The molecule has 0 atom stereocenters. The minimum Gasteiger partial charge on any atom is -0.339 e. The average molecular weight is 239 g/mol. The van der Waals surface area contributed by atoms with Gasteiger partial charge in [-0.3, -0.25) is 0 Å². The second kappa shape index (κ2) is 3.30. The van der Waals surface area contributed by atoms with Crippen LogP contribution in [0.2, 0.25) is 0 Å². The molecule has 1 heterocycles. The Morgan fingerprint density at radius 2 is 2.23 bits per heavy atom. The lowest BCUT2D eigenvalue weighted by atomic mass is 10.2. The van der Waals surface area contributed by atoms with Crippen molar-refractivity contribution < 1.29 is 4.52 Å². The van der Waals surface area contributed by atoms with Crippen LogP contribution in [0.25, 0.3) is 11.4 Å². The molecule has 0 aliphatic rings. The molecule has 0 bridgehead atoms. The zero-order valence-electron chi connectivity index (χ0n) is 6.99. The first-order chi connectivity index (χ1) is 6.25. The van der Waals surface area contributed by atoms with E-state index >= 15 is 0 Å². The number of hydrogen-bond acceptors (Lipinski definition) is 3. The van der Waals surface area contributed by atoms with Crippen LogP contribution in [-0.4, -0.2) is 10.1 Å². The maximum Gasteiger partial charge on any atom is 0.223 e. The quantitative estimate of drug-likeness (QED) is 0.767. The normalized spacial score (nSPS) is 10.3. The molecule has 0 fully saturated rings. The van der Waals surface area contributed by atoms with E-state index in [0.29, 0.717) is 11.7 Å². The highest BCUT2D eigenvalue weighted by Gasteiger charge is 2.04. The number of aryl methyl sites for hydroxylation is 1. The van der Waals surface area contributed by atoms with Crippen LogP contribution in [-0.2, 0) is 0 Å². The molecule has 0 spiro atoms. The Morgan fingerprint density at radius 1 is 1.38 bits per heavy atom. The second-order valence-electron chi connectivity index (χ2n) is 2.65. The first-order valence-corrected chi connectivity index (χ1v) is 4.61. The SMILES string of the molecule is Cc1nc(-c2cccc(Br)c2)no1. The number of aromatic nitrogens is 2. The van der Waals surface area contributed by atoms with Crippen molar-refractivity contribution in [1.82, 2.24) is 10.1 Å². The summed E-state index contributed by atoms with van der Waals surface area (Å²) in [6.07, 6.45) is 0. The Hall–Kier alpha value is -1.16. The topological polar surface area (TPSA) is 38.9 Å². The summed E-state index contributed by atoms with van der Waals surface area (Å²) in [7, 11) is 0. The summed E-state index contributed by atoms with van der Waals surface area (Å²) in [5.74, 6) is 1.20. The third-order valence-corrected chi connectivity index (χ3v) is 2.10. The fraction of sp³-hybridized carbons (Fsp3) is 0.111. The van der Waals surface area contributed by atoms with Crippen molar-refractivity contribution >= 4 is 15.9 Å². The maximum atomic E-state index is 4.88. The van der Waals surface area contributed by atoms with Crippen LogP contribution in [0.1, 0.15) is 5.89 Å². The van der Waals surface area contributed by atoms with Crippen LogP contribution in [0.5, 0.6) is 0 Å². The Kier molecular flexibility index (Phi) is 2.14. The molecular weight excluding hydrogens is 232 g/mol. The predicted molar refractivity (Wildman–Crippen MR) is 52.2 cm³/mol. The summed E-state index contributed by atoms with van der Waals surface area (Å²) in [5, 5.41) is 3.82. The molecule has 0 saturated carbocycles. The molecule has 3 nitrogen and oxygen atoms in total. The second-order valence-corrected chi connectivity index (χ2v) is 3.56. The van der Waals surface area contributed by atoms with Gasteiger partial charge in [0.1, 0.15) is 0 Å².